The predicted molar refractivity (Wildman–Crippen MR) is 29.4 cm³/mol. The Bertz CT molecular complexity index is 61.9. The highest BCUT2D eigenvalue weighted by molar-refractivity contribution is 8.01. The first-order valence-electron chi connectivity index (χ1n) is 1.97. The van der Waals surface area contributed by atoms with Gasteiger partial charge in [-0.25, -0.2) is 0 Å². The zero-order valence-corrected chi connectivity index (χ0v) is 4.35. The van der Waals surface area contributed by atoms with Gasteiger partial charge in [0, 0.05) is 6.54 Å². The lowest BCUT2D eigenvalue weighted by molar-refractivity contribution is 0.974. The van der Waals surface area contributed by atoms with Crippen LogP contribution in [0.15, 0.2) is 11.5 Å². The average molecular weight is 101 g/mol. The summed E-state index contributed by atoms with van der Waals surface area (Å²) >= 11 is 1.65. The Morgan fingerprint density at radius 3 is 2.83 bits per heavy atom. The molecule has 1 saturated heterocycles. The van der Waals surface area contributed by atoms with Crippen molar-refractivity contribution in [1.82, 2.24) is 4.72 Å². The van der Waals surface area contributed by atoms with Crippen LogP contribution in [0.3, 0.4) is 0 Å². The minimum Gasteiger partial charge on any atom is -0.260 e. The zero-order valence-electron chi connectivity index (χ0n) is 3.53. The molecule has 1 aliphatic rings. The van der Waals surface area contributed by atoms with Crippen LogP contribution in [0.4, 0.5) is 0 Å². The fourth-order valence-electron chi connectivity index (χ4n) is 0.395. The molecule has 0 radical (unpaired) electrons. The monoisotopic (exact) mass is 101 g/mol. The van der Waals surface area contributed by atoms with Crippen molar-refractivity contribution in [3.63, 3.8) is 0 Å². The van der Waals surface area contributed by atoms with Crippen molar-refractivity contribution in [2.45, 2.75) is 6.42 Å². The molecule has 0 aliphatic carbocycles. The van der Waals surface area contributed by atoms with Gasteiger partial charge in [-0.3, -0.25) is 4.72 Å². The van der Waals surface area contributed by atoms with Gasteiger partial charge in [-0.15, -0.1) is 0 Å². The van der Waals surface area contributed by atoms with Gasteiger partial charge in [0.2, 0.25) is 0 Å². The molecule has 0 amide bonds. The van der Waals surface area contributed by atoms with Crippen molar-refractivity contribution < 1.29 is 0 Å². The second-order valence-corrected chi connectivity index (χ2v) is 2.36. The predicted octanol–water partition coefficient (Wildman–Crippen LogP) is 1.14. The summed E-state index contributed by atoms with van der Waals surface area (Å²) in [7, 11) is 0. The minimum absolute atomic E-state index is 1.10. The summed E-state index contributed by atoms with van der Waals surface area (Å²) in [4.78, 5) is 1.26. The van der Waals surface area contributed by atoms with Crippen LogP contribution in [0.1, 0.15) is 6.42 Å². The van der Waals surface area contributed by atoms with Crippen molar-refractivity contribution >= 4 is 11.9 Å². The lowest BCUT2D eigenvalue weighted by atomic mass is 10.4. The first kappa shape index (κ1) is 4.22. The molecule has 6 heavy (non-hydrogen) atoms. The van der Waals surface area contributed by atoms with E-state index in [0.717, 1.165) is 13.0 Å². The van der Waals surface area contributed by atoms with Gasteiger partial charge in [0.05, 0.1) is 0 Å². The summed E-state index contributed by atoms with van der Waals surface area (Å²) in [5.41, 5.74) is 0. The smallest absolute Gasteiger partial charge is 0.0107 e. The van der Waals surface area contributed by atoms with E-state index in [9.17, 15) is 0 Å². The highest BCUT2D eigenvalue weighted by Gasteiger charge is 2.00. The Hall–Kier alpha value is 0.0500. The molecule has 2 heteroatoms. The number of hydrogen-bond acceptors (Lipinski definition) is 2. The fourth-order valence-corrected chi connectivity index (χ4v) is 1.01. The second kappa shape index (κ2) is 1.67. The van der Waals surface area contributed by atoms with Gasteiger partial charge in [0.25, 0.3) is 0 Å². The van der Waals surface area contributed by atoms with Crippen LogP contribution in [0.25, 0.3) is 0 Å². The maximum absolute atomic E-state index is 3.75. The lowest BCUT2D eigenvalue weighted by Crippen LogP contribution is -1.91. The van der Waals surface area contributed by atoms with Crippen molar-refractivity contribution in [3.05, 3.63) is 11.5 Å². The summed E-state index contributed by atoms with van der Waals surface area (Å²) in [6.07, 6.45) is 1.14. The summed E-state index contributed by atoms with van der Waals surface area (Å²) in [5.74, 6) is 0. The van der Waals surface area contributed by atoms with E-state index in [4.69, 9.17) is 0 Å². The van der Waals surface area contributed by atoms with Gasteiger partial charge < -0.3 is 0 Å². The van der Waals surface area contributed by atoms with Gasteiger partial charge in [0.15, 0.2) is 0 Å². The summed E-state index contributed by atoms with van der Waals surface area (Å²) in [6.45, 7) is 4.86. The largest absolute Gasteiger partial charge is 0.260 e. The molecular weight excluding hydrogens is 94.1 g/mol. The normalized spacial score (nSPS) is 22.3. The zero-order chi connectivity index (χ0) is 4.41. The molecule has 0 saturated carbocycles. The van der Waals surface area contributed by atoms with Gasteiger partial charge in [-0.1, -0.05) is 18.5 Å². The fraction of sp³-hybridized carbons (Fsp3) is 0.500. The quantitative estimate of drug-likeness (QED) is 0.459. The van der Waals surface area contributed by atoms with Crippen LogP contribution >= 0.6 is 11.9 Å². The molecule has 0 spiro atoms. The Balaban J connectivity index is 2.37. The van der Waals surface area contributed by atoms with Gasteiger partial charge in [0.1, 0.15) is 0 Å². The van der Waals surface area contributed by atoms with E-state index in [-0.39, 0.29) is 0 Å². The molecule has 0 unspecified atom stereocenters. The highest BCUT2D eigenvalue weighted by atomic mass is 32.2. The van der Waals surface area contributed by atoms with E-state index < -0.39 is 0 Å². The molecular formula is C4H7NS. The van der Waals surface area contributed by atoms with Crippen molar-refractivity contribution in [3.8, 4) is 0 Å². The molecule has 1 heterocycles. The molecule has 1 rings (SSSR count). The lowest BCUT2D eigenvalue weighted by Gasteiger charge is -1.79. The summed E-state index contributed by atoms with van der Waals surface area (Å²) < 4.78 is 3.09. The van der Waals surface area contributed by atoms with E-state index in [1.54, 1.807) is 11.9 Å². The molecule has 0 atom stereocenters. The first-order chi connectivity index (χ1) is 2.89. The molecule has 0 aromatic rings. The third-order valence-electron chi connectivity index (χ3n) is 0.722. The molecule has 1 N–H and O–H groups in total. The third-order valence-corrected chi connectivity index (χ3v) is 1.56. The molecule has 1 nitrogen and oxygen atoms in total. The molecule has 0 aromatic heterocycles. The molecule has 1 fully saturated rings. The van der Waals surface area contributed by atoms with Crippen LogP contribution in [0, 0.1) is 0 Å². The number of rotatable bonds is 0. The maximum Gasteiger partial charge on any atom is 0.0107 e. The van der Waals surface area contributed by atoms with E-state index in [1.807, 2.05) is 0 Å². The average Bonchev–Trinajstić information content (AvgIpc) is 1.86. The van der Waals surface area contributed by atoms with E-state index in [2.05, 4.69) is 11.3 Å². The maximum atomic E-state index is 3.75. The Kier molecular flexibility index (Phi) is 1.17. The van der Waals surface area contributed by atoms with Crippen LogP contribution in [-0.4, -0.2) is 6.54 Å². The summed E-state index contributed by atoms with van der Waals surface area (Å²) in [5, 5.41) is 0. The van der Waals surface area contributed by atoms with Crippen LogP contribution in [0.2, 0.25) is 0 Å². The van der Waals surface area contributed by atoms with Crippen LogP contribution < -0.4 is 4.72 Å². The Morgan fingerprint density at radius 2 is 2.67 bits per heavy atom. The van der Waals surface area contributed by atoms with Gasteiger partial charge >= 0.3 is 0 Å². The van der Waals surface area contributed by atoms with Crippen molar-refractivity contribution in [2.75, 3.05) is 6.54 Å². The minimum atomic E-state index is 1.10. The van der Waals surface area contributed by atoms with E-state index >= 15 is 0 Å². The number of nitrogens with one attached hydrogen (secondary N) is 1. The van der Waals surface area contributed by atoms with Gasteiger partial charge in [-0.05, 0) is 11.3 Å². The third kappa shape index (κ3) is 0.758. The van der Waals surface area contributed by atoms with Crippen molar-refractivity contribution in [1.29, 1.82) is 0 Å². The van der Waals surface area contributed by atoms with Gasteiger partial charge in [-0.2, -0.15) is 0 Å². The van der Waals surface area contributed by atoms with Crippen molar-refractivity contribution in [2.24, 2.45) is 0 Å². The SMILES string of the molecule is C=C1CCNS1. The number of hydrogen-bond donors (Lipinski definition) is 1. The summed E-state index contributed by atoms with van der Waals surface area (Å²) in [6, 6.07) is 0. The van der Waals surface area contributed by atoms with Crippen LogP contribution in [-0.2, 0) is 0 Å². The second-order valence-electron chi connectivity index (χ2n) is 1.29. The molecule has 0 bridgehead atoms. The first-order valence-corrected chi connectivity index (χ1v) is 2.79. The van der Waals surface area contributed by atoms with E-state index in [1.165, 1.54) is 4.91 Å². The van der Waals surface area contributed by atoms with Crippen LogP contribution in [0.5, 0.6) is 0 Å². The topological polar surface area (TPSA) is 12.0 Å². The molecule has 1 aliphatic heterocycles. The highest BCUT2D eigenvalue weighted by Crippen LogP contribution is 2.18. The van der Waals surface area contributed by atoms with E-state index in [0.29, 0.717) is 0 Å². The molecule has 34 valence electrons. The molecule has 0 aromatic carbocycles. The Labute approximate surface area is 41.9 Å². The standard InChI is InChI=1S/C4H7NS/c1-4-2-3-5-6-4/h5H,1-3H2. The Morgan fingerprint density at radius 1 is 1.83 bits per heavy atom.